The quantitative estimate of drug-likeness (QED) is 0.440. The first-order valence-corrected chi connectivity index (χ1v) is 10.8. The summed E-state index contributed by atoms with van der Waals surface area (Å²) in [5, 5.41) is 17.2. The molecule has 0 bridgehead atoms. The van der Waals surface area contributed by atoms with Crippen LogP contribution in [0.25, 0.3) is 11.1 Å². The van der Waals surface area contributed by atoms with Crippen LogP contribution in [0.5, 0.6) is 0 Å². The van der Waals surface area contributed by atoms with Crippen molar-refractivity contribution in [2.75, 3.05) is 0 Å². The number of aryl methyl sites for hydroxylation is 1. The Morgan fingerprint density at radius 3 is 2.45 bits per heavy atom. The molecular weight excluding hydrogens is 434 g/mol. The molecule has 33 heavy (non-hydrogen) atoms. The molecule has 2 aromatic carbocycles. The molecule has 2 aromatic heterocycles. The number of nitrogens with zero attached hydrogens (tertiary/aromatic N) is 4. The van der Waals surface area contributed by atoms with Gasteiger partial charge in [0.1, 0.15) is 6.07 Å². The summed E-state index contributed by atoms with van der Waals surface area (Å²) < 4.78 is 1.94. The van der Waals surface area contributed by atoms with Crippen molar-refractivity contribution < 1.29 is 4.79 Å². The molecule has 0 saturated heterocycles. The molecule has 4 rings (SSSR count). The molecule has 7 heteroatoms. The van der Waals surface area contributed by atoms with E-state index in [1.165, 1.54) is 0 Å². The van der Waals surface area contributed by atoms with Gasteiger partial charge in [-0.25, -0.2) is 0 Å². The molecule has 0 fully saturated rings. The third-order valence-corrected chi connectivity index (χ3v) is 5.82. The highest BCUT2D eigenvalue weighted by molar-refractivity contribution is 6.32. The smallest absolute Gasteiger partial charge is 0.251 e. The van der Waals surface area contributed by atoms with Crippen molar-refractivity contribution in [2.45, 2.75) is 26.9 Å². The number of hydrogen-bond donors (Lipinski definition) is 1. The highest BCUT2D eigenvalue weighted by Crippen LogP contribution is 2.30. The number of halogens is 1. The summed E-state index contributed by atoms with van der Waals surface area (Å²) in [6.45, 7) is 5.01. The Morgan fingerprint density at radius 2 is 1.79 bits per heavy atom. The highest BCUT2D eigenvalue weighted by Gasteiger charge is 2.15. The molecule has 0 saturated carbocycles. The Kier molecular flexibility index (Phi) is 6.53. The zero-order chi connectivity index (χ0) is 23.4. The minimum Gasteiger partial charge on any atom is -0.348 e. The summed E-state index contributed by atoms with van der Waals surface area (Å²) in [5.41, 5.74) is 6.93. The Hall–Kier alpha value is -3.95. The Balaban J connectivity index is 1.47. The zero-order valence-electron chi connectivity index (χ0n) is 18.3. The predicted molar refractivity (Wildman–Crippen MR) is 128 cm³/mol. The molecule has 2 heterocycles. The summed E-state index contributed by atoms with van der Waals surface area (Å²) in [6, 6.07) is 18.8. The summed E-state index contributed by atoms with van der Waals surface area (Å²) in [7, 11) is 0. The third kappa shape index (κ3) is 4.94. The number of hydrogen-bond acceptors (Lipinski definition) is 4. The lowest BCUT2D eigenvalue weighted by Crippen LogP contribution is -2.22. The first-order valence-electron chi connectivity index (χ1n) is 10.5. The third-order valence-electron chi connectivity index (χ3n) is 5.51. The average molecular weight is 456 g/mol. The number of benzene rings is 2. The number of amides is 1. The SMILES string of the molecule is Cc1nn(Cc2ccc(C(=O)NCc3ccncc3)cc2)c(C)c1-c1ccc(C#N)c(Cl)c1. The van der Waals surface area contributed by atoms with Gasteiger partial charge in [0.05, 0.1) is 22.8 Å². The van der Waals surface area contributed by atoms with E-state index in [0.29, 0.717) is 29.2 Å². The van der Waals surface area contributed by atoms with Crippen molar-refractivity contribution in [3.63, 3.8) is 0 Å². The molecule has 4 aromatic rings. The molecule has 164 valence electrons. The van der Waals surface area contributed by atoms with Crippen LogP contribution in [0.2, 0.25) is 5.02 Å². The van der Waals surface area contributed by atoms with E-state index in [9.17, 15) is 4.79 Å². The van der Waals surface area contributed by atoms with Crippen LogP contribution < -0.4 is 5.32 Å². The second kappa shape index (κ2) is 9.68. The van der Waals surface area contributed by atoms with E-state index >= 15 is 0 Å². The van der Waals surface area contributed by atoms with Gasteiger partial charge in [-0.05, 0) is 66.9 Å². The molecule has 0 aliphatic rings. The van der Waals surface area contributed by atoms with Crippen LogP contribution in [0.4, 0.5) is 0 Å². The second-order valence-electron chi connectivity index (χ2n) is 7.74. The molecule has 1 amide bonds. The van der Waals surface area contributed by atoms with Gasteiger partial charge in [-0.2, -0.15) is 10.4 Å². The van der Waals surface area contributed by atoms with Crippen LogP contribution >= 0.6 is 11.6 Å². The van der Waals surface area contributed by atoms with Crippen LogP contribution in [0.15, 0.2) is 67.0 Å². The van der Waals surface area contributed by atoms with Crippen molar-refractivity contribution in [3.05, 3.63) is 106 Å². The fourth-order valence-corrected chi connectivity index (χ4v) is 3.97. The highest BCUT2D eigenvalue weighted by atomic mass is 35.5. The molecule has 0 radical (unpaired) electrons. The molecule has 0 aliphatic carbocycles. The van der Waals surface area contributed by atoms with Crippen molar-refractivity contribution in [1.82, 2.24) is 20.1 Å². The molecule has 0 unspecified atom stereocenters. The Morgan fingerprint density at radius 1 is 1.06 bits per heavy atom. The molecule has 1 N–H and O–H groups in total. The topological polar surface area (TPSA) is 83.6 Å². The number of carbonyl (C=O) groups is 1. The van der Waals surface area contributed by atoms with Gasteiger partial charge in [0, 0.05) is 35.8 Å². The lowest BCUT2D eigenvalue weighted by Gasteiger charge is -2.09. The number of nitrogens with one attached hydrogen (secondary N) is 1. The molecule has 0 atom stereocenters. The van der Waals surface area contributed by atoms with Gasteiger partial charge >= 0.3 is 0 Å². The van der Waals surface area contributed by atoms with Gasteiger partial charge in [0.2, 0.25) is 0 Å². The standard InChI is InChI=1S/C26H22ClN5O/c1-17-25(22-7-8-23(14-28)24(27)13-22)18(2)32(31-17)16-20-3-5-21(6-4-20)26(33)30-15-19-9-11-29-12-10-19/h3-13H,15-16H2,1-2H3,(H,30,33). The largest absolute Gasteiger partial charge is 0.348 e. The van der Waals surface area contributed by atoms with Crippen molar-refractivity contribution in [3.8, 4) is 17.2 Å². The van der Waals surface area contributed by atoms with E-state index in [4.69, 9.17) is 22.0 Å². The van der Waals surface area contributed by atoms with Crippen molar-refractivity contribution in [2.24, 2.45) is 0 Å². The summed E-state index contributed by atoms with van der Waals surface area (Å²) in [5.74, 6) is -0.121. The fraction of sp³-hybridized carbons (Fsp3) is 0.154. The minimum atomic E-state index is -0.121. The normalized spacial score (nSPS) is 10.6. The van der Waals surface area contributed by atoms with Gasteiger partial charge in [-0.15, -0.1) is 0 Å². The maximum Gasteiger partial charge on any atom is 0.251 e. The summed E-state index contributed by atoms with van der Waals surface area (Å²) >= 11 is 6.23. The summed E-state index contributed by atoms with van der Waals surface area (Å²) in [4.78, 5) is 16.4. The minimum absolute atomic E-state index is 0.121. The lowest BCUT2D eigenvalue weighted by atomic mass is 10.0. The zero-order valence-corrected chi connectivity index (χ0v) is 19.1. The number of aromatic nitrogens is 3. The van der Waals surface area contributed by atoms with E-state index in [1.54, 1.807) is 24.5 Å². The maximum absolute atomic E-state index is 12.4. The summed E-state index contributed by atoms with van der Waals surface area (Å²) in [6.07, 6.45) is 3.41. The van der Waals surface area contributed by atoms with E-state index < -0.39 is 0 Å². The van der Waals surface area contributed by atoms with Crippen LogP contribution in [0.1, 0.15) is 38.4 Å². The lowest BCUT2D eigenvalue weighted by molar-refractivity contribution is 0.0951. The van der Waals surface area contributed by atoms with Crippen molar-refractivity contribution >= 4 is 17.5 Å². The Bertz CT molecular complexity index is 1340. The van der Waals surface area contributed by atoms with Crippen LogP contribution in [-0.2, 0) is 13.1 Å². The van der Waals surface area contributed by atoms with Gasteiger partial charge in [-0.1, -0.05) is 29.8 Å². The van der Waals surface area contributed by atoms with Gasteiger partial charge in [-0.3, -0.25) is 14.5 Å². The molecule has 6 nitrogen and oxygen atoms in total. The Labute approximate surface area is 197 Å². The maximum atomic E-state index is 12.4. The van der Waals surface area contributed by atoms with E-state index in [-0.39, 0.29) is 5.91 Å². The van der Waals surface area contributed by atoms with Crippen LogP contribution in [0.3, 0.4) is 0 Å². The number of rotatable bonds is 6. The number of pyridine rings is 1. The van der Waals surface area contributed by atoms with Gasteiger partial charge in [0.25, 0.3) is 5.91 Å². The molecule has 0 aliphatic heterocycles. The van der Waals surface area contributed by atoms with Crippen LogP contribution in [0, 0.1) is 25.2 Å². The van der Waals surface area contributed by atoms with Gasteiger partial charge < -0.3 is 5.32 Å². The molecular formula is C26H22ClN5O. The fourth-order valence-electron chi connectivity index (χ4n) is 3.75. The first kappa shape index (κ1) is 22.3. The molecule has 0 spiro atoms. The predicted octanol–water partition coefficient (Wildman–Crippen LogP) is 5.07. The van der Waals surface area contributed by atoms with Crippen LogP contribution in [-0.4, -0.2) is 20.7 Å². The van der Waals surface area contributed by atoms with E-state index in [0.717, 1.165) is 33.6 Å². The van der Waals surface area contributed by atoms with E-state index in [1.807, 2.05) is 61.0 Å². The average Bonchev–Trinajstić information content (AvgIpc) is 3.11. The second-order valence-corrected chi connectivity index (χ2v) is 8.15. The van der Waals surface area contributed by atoms with Crippen molar-refractivity contribution in [1.29, 1.82) is 5.26 Å². The van der Waals surface area contributed by atoms with Gasteiger partial charge in [0.15, 0.2) is 0 Å². The number of nitriles is 1. The number of carbonyl (C=O) groups excluding carboxylic acids is 1. The van der Waals surface area contributed by atoms with E-state index in [2.05, 4.69) is 16.4 Å². The monoisotopic (exact) mass is 455 g/mol. The first-order chi connectivity index (χ1) is 16.0.